The highest BCUT2D eigenvalue weighted by atomic mass is 32.2. The summed E-state index contributed by atoms with van der Waals surface area (Å²) in [6, 6.07) is 1.15. The van der Waals surface area contributed by atoms with E-state index in [0.717, 1.165) is 22.7 Å². The van der Waals surface area contributed by atoms with E-state index in [-0.39, 0.29) is 34.8 Å². The van der Waals surface area contributed by atoms with E-state index in [0.29, 0.717) is 0 Å². The minimum atomic E-state index is -0.544. The molecule has 90 valence electrons. The van der Waals surface area contributed by atoms with Crippen molar-refractivity contribution in [3.05, 3.63) is 16.4 Å². The van der Waals surface area contributed by atoms with Gasteiger partial charge in [0.15, 0.2) is 5.16 Å². The van der Waals surface area contributed by atoms with Gasteiger partial charge in [-0.3, -0.25) is 19.3 Å². The van der Waals surface area contributed by atoms with Crippen LogP contribution in [0.25, 0.3) is 0 Å². The van der Waals surface area contributed by atoms with Crippen LogP contribution >= 0.6 is 11.8 Å². The van der Waals surface area contributed by atoms with Gasteiger partial charge in [-0.15, -0.1) is 0 Å². The van der Waals surface area contributed by atoms with Gasteiger partial charge in [0.05, 0.1) is 0 Å². The monoisotopic (exact) mass is 254 g/mol. The molecule has 0 bridgehead atoms. The number of H-pyrrole nitrogens is 1. The van der Waals surface area contributed by atoms with Crippen molar-refractivity contribution in [3.8, 4) is 0 Å². The number of aromatic amines is 1. The molecular formula is C9H10N4O3S. The fourth-order valence-electron chi connectivity index (χ4n) is 1.46. The summed E-state index contributed by atoms with van der Waals surface area (Å²) in [5, 5.41) is -0.297. The summed E-state index contributed by atoms with van der Waals surface area (Å²) in [7, 11) is 1.43. The van der Waals surface area contributed by atoms with Crippen molar-refractivity contribution >= 4 is 29.4 Å². The molecule has 2 rings (SSSR count). The third-order valence-electron chi connectivity index (χ3n) is 2.33. The summed E-state index contributed by atoms with van der Waals surface area (Å²) in [6.07, 6.45) is 0.110. The predicted octanol–water partition coefficient (Wildman–Crippen LogP) is -0.798. The van der Waals surface area contributed by atoms with Gasteiger partial charge in [0.2, 0.25) is 11.8 Å². The lowest BCUT2D eigenvalue weighted by Gasteiger charge is -2.07. The maximum Gasteiger partial charge on any atom is 0.253 e. The topological polar surface area (TPSA) is 109 Å². The summed E-state index contributed by atoms with van der Waals surface area (Å²) in [5.74, 6) is -0.440. The molecule has 1 aliphatic rings. The fraction of sp³-hybridized carbons (Fsp3) is 0.333. The zero-order valence-electron chi connectivity index (χ0n) is 8.97. The molecule has 1 fully saturated rings. The molecule has 0 aromatic carbocycles. The van der Waals surface area contributed by atoms with Crippen molar-refractivity contribution in [1.29, 1.82) is 0 Å². The van der Waals surface area contributed by atoms with Crippen molar-refractivity contribution in [2.75, 3.05) is 12.8 Å². The minimum Gasteiger partial charge on any atom is -0.383 e. The molecule has 2 amide bonds. The highest BCUT2D eigenvalue weighted by molar-refractivity contribution is 8.00. The van der Waals surface area contributed by atoms with Crippen LogP contribution in [0.1, 0.15) is 6.42 Å². The predicted molar refractivity (Wildman–Crippen MR) is 61.3 cm³/mol. The Morgan fingerprint density at radius 1 is 1.53 bits per heavy atom. The molecule has 2 heterocycles. The molecule has 8 heteroatoms. The van der Waals surface area contributed by atoms with Gasteiger partial charge >= 0.3 is 0 Å². The Morgan fingerprint density at radius 3 is 2.76 bits per heavy atom. The van der Waals surface area contributed by atoms with Gasteiger partial charge in [-0.1, -0.05) is 11.8 Å². The SMILES string of the molecule is CN1C(=O)CC(Sc2nc(N)cc(=O)[nH]2)C1=O. The van der Waals surface area contributed by atoms with E-state index in [2.05, 4.69) is 9.97 Å². The Morgan fingerprint density at radius 2 is 2.24 bits per heavy atom. The van der Waals surface area contributed by atoms with Crippen molar-refractivity contribution in [3.63, 3.8) is 0 Å². The number of nitrogens with zero attached hydrogens (tertiary/aromatic N) is 2. The third kappa shape index (κ3) is 2.31. The van der Waals surface area contributed by atoms with E-state index >= 15 is 0 Å². The Labute approximate surface area is 100 Å². The van der Waals surface area contributed by atoms with Crippen LogP contribution in [0, 0.1) is 0 Å². The Hall–Kier alpha value is -1.83. The number of anilines is 1. The molecule has 1 aliphatic heterocycles. The van der Waals surface area contributed by atoms with Gasteiger partial charge in [-0.05, 0) is 0 Å². The number of nitrogens with one attached hydrogen (secondary N) is 1. The number of rotatable bonds is 2. The van der Waals surface area contributed by atoms with Gasteiger partial charge in [-0.2, -0.15) is 0 Å². The molecule has 1 saturated heterocycles. The molecule has 3 N–H and O–H groups in total. The van der Waals surface area contributed by atoms with E-state index in [1.54, 1.807) is 0 Å². The second kappa shape index (κ2) is 4.21. The quantitative estimate of drug-likeness (QED) is 0.528. The molecule has 1 unspecified atom stereocenters. The molecule has 0 spiro atoms. The van der Waals surface area contributed by atoms with Crippen molar-refractivity contribution in [2.45, 2.75) is 16.8 Å². The van der Waals surface area contributed by atoms with E-state index in [1.807, 2.05) is 0 Å². The van der Waals surface area contributed by atoms with Gasteiger partial charge in [0.25, 0.3) is 5.56 Å². The first-order chi connectivity index (χ1) is 7.97. The summed E-state index contributed by atoms with van der Waals surface area (Å²) in [4.78, 5) is 41.5. The number of nitrogens with two attached hydrogens (primary N) is 1. The lowest BCUT2D eigenvalue weighted by atomic mass is 10.4. The summed E-state index contributed by atoms with van der Waals surface area (Å²) >= 11 is 1.04. The number of carbonyl (C=O) groups excluding carboxylic acids is 2. The van der Waals surface area contributed by atoms with E-state index < -0.39 is 5.25 Å². The second-order valence-corrected chi connectivity index (χ2v) is 4.77. The Kier molecular flexibility index (Phi) is 2.88. The number of nitrogen functional groups attached to an aromatic ring is 1. The van der Waals surface area contributed by atoms with Crippen molar-refractivity contribution in [2.24, 2.45) is 0 Å². The lowest BCUT2D eigenvalue weighted by molar-refractivity contribution is -0.136. The van der Waals surface area contributed by atoms with E-state index in [1.165, 1.54) is 7.05 Å². The Balaban J connectivity index is 2.19. The largest absolute Gasteiger partial charge is 0.383 e. The zero-order chi connectivity index (χ0) is 12.6. The van der Waals surface area contributed by atoms with E-state index in [9.17, 15) is 14.4 Å². The first-order valence-electron chi connectivity index (χ1n) is 4.81. The van der Waals surface area contributed by atoms with Gasteiger partial charge in [0.1, 0.15) is 11.1 Å². The van der Waals surface area contributed by atoms with Crippen LogP contribution < -0.4 is 11.3 Å². The number of hydrogen-bond donors (Lipinski definition) is 2. The third-order valence-corrected chi connectivity index (χ3v) is 3.40. The first kappa shape index (κ1) is 11.6. The molecule has 1 atom stereocenters. The number of thioether (sulfide) groups is 1. The number of hydrogen-bond acceptors (Lipinski definition) is 6. The summed E-state index contributed by atoms with van der Waals surface area (Å²) in [6.45, 7) is 0. The van der Waals surface area contributed by atoms with Crippen LogP contribution in [-0.4, -0.2) is 39.0 Å². The maximum absolute atomic E-state index is 11.6. The highest BCUT2D eigenvalue weighted by Crippen LogP contribution is 2.28. The smallest absolute Gasteiger partial charge is 0.253 e. The molecule has 1 aromatic heterocycles. The van der Waals surface area contributed by atoms with E-state index in [4.69, 9.17) is 5.73 Å². The average Bonchev–Trinajstić information content (AvgIpc) is 2.45. The molecule has 7 nitrogen and oxygen atoms in total. The van der Waals surface area contributed by atoms with Crippen molar-refractivity contribution in [1.82, 2.24) is 14.9 Å². The first-order valence-corrected chi connectivity index (χ1v) is 5.69. The van der Waals surface area contributed by atoms with Gasteiger partial charge in [-0.25, -0.2) is 4.98 Å². The number of aromatic nitrogens is 2. The van der Waals surface area contributed by atoms with Crippen LogP contribution in [0.3, 0.4) is 0 Å². The number of imide groups is 1. The van der Waals surface area contributed by atoms with Crippen LogP contribution in [0.5, 0.6) is 0 Å². The van der Waals surface area contributed by atoms with Crippen LogP contribution in [-0.2, 0) is 9.59 Å². The number of likely N-dealkylation sites (tertiary alicyclic amines) is 1. The molecule has 0 saturated carbocycles. The maximum atomic E-state index is 11.6. The Bertz CT molecular complexity index is 541. The summed E-state index contributed by atoms with van der Waals surface area (Å²) < 4.78 is 0. The van der Waals surface area contributed by atoms with Crippen LogP contribution in [0.15, 0.2) is 16.0 Å². The molecule has 17 heavy (non-hydrogen) atoms. The van der Waals surface area contributed by atoms with Crippen molar-refractivity contribution < 1.29 is 9.59 Å². The van der Waals surface area contributed by atoms with Crippen LogP contribution in [0.2, 0.25) is 0 Å². The van der Waals surface area contributed by atoms with Gasteiger partial charge in [0, 0.05) is 19.5 Å². The average molecular weight is 254 g/mol. The van der Waals surface area contributed by atoms with Crippen LogP contribution in [0.4, 0.5) is 5.82 Å². The second-order valence-electron chi connectivity index (χ2n) is 3.58. The number of carbonyl (C=O) groups is 2. The normalized spacial score (nSPS) is 20.1. The number of amides is 2. The molecule has 0 aliphatic carbocycles. The molecular weight excluding hydrogens is 244 g/mol. The van der Waals surface area contributed by atoms with Gasteiger partial charge < -0.3 is 10.7 Å². The standard InChI is InChI=1S/C9H10N4O3S/c1-13-7(15)2-4(8(13)16)17-9-11-5(10)3-6(14)12-9/h3-4H,2H2,1H3,(H3,10,11,12,14). The molecule has 1 aromatic rings. The lowest BCUT2D eigenvalue weighted by Crippen LogP contribution is -2.26. The molecule has 0 radical (unpaired) electrons. The minimum absolute atomic E-state index is 0.0846. The zero-order valence-corrected chi connectivity index (χ0v) is 9.78. The highest BCUT2D eigenvalue weighted by Gasteiger charge is 2.37. The fourth-order valence-corrected chi connectivity index (χ4v) is 2.53. The summed E-state index contributed by atoms with van der Waals surface area (Å²) in [5.41, 5.74) is 5.03.